The van der Waals surface area contributed by atoms with Crippen molar-refractivity contribution in [3.05, 3.63) is 58.1 Å². The number of methoxy groups -OCH3 is 2. The Labute approximate surface area is 149 Å². The van der Waals surface area contributed by atoms with Crippen LogP contribution in [0, 0.1) is 0 Å². The molecule has 3 rings (SSSR count). The highest BCUT2D eigenvalue weighted by Crippen LogP contribution is 2.39. The number of benzene rings is 2. The van der Waals surface area contributed by atoms with Crippen LogP contribution in [0.4, 0.5) is 0 Å². The predicted octanol–water partition coefficient (Wildman–Crippen LogP) is 4.52. The van der Waals surface area contributed by atoms with Crippen LogP contribution >= 0.6 is 11.6 Å². The van der Waals surface area contributed by atoms with Crippen LogP contribution in [-0.4, -0.2) is 32.7 Å². The van der Waals surface area contributed by atoms with E-state index < -0.39 is 0 Å². The first-order valence-corrected chi connectivity index (χ1v) is 8.69. The van der Waals surface area contributed by atoms with E-state index in [1.54, 1.807) is 14.2 Å². The Bertz CT molecular complexity index is 717. The summed E-state index contributed by atoms with van der Waals surface area (Å²) in [6.07, 6.45) is 3.10. The van der Waals surface area contributed by atoms with Crippen molar-refractivity contribution in [1.82, 2.24) is 4.90 Å². The second-order valence-corrected chi connectivity index (χ2v) is 6.76. The summed E-state index contributed by atoms with van der Waals surface area (Å²) < 4.78 is 11.0. The highest BCUT2D eigenvalue weighted by Gasteiger charge is 2.26. The molecule has 1 atom stereocenters. The predicted molar refractivity (Wildman–Crippen MR) is 98.4 cm³/mol. The quantitative estimate of drug-likeness (QED) is 0.795. The normalized spacial score (nSPS) is 17.4. The minimum absolute atomic E-state index is 0.382. The van der Waals surface area contributed by atoms with Crippen molar-refractivity contribution in [2.75, 3.05) is 27.8 Å². The van der Waals surface area contributed by atoms with E-state index in [2.05, 4.69) is 36.2 Å². The lowest BCUT2D eigenvalue weighted by Gasteiger charge is -2.35. The molecule has 4 heteroatoms. The van der Waals surface area contributed by atoms with Crippen LogP contribution < -0.4 is 9.47 Å². The minimum atomic E-state index is 0.382. The van der Waals surface area contributed by atoms with Gasteiger partial charge in [0, 0.05) is 17.6 Å². The monoisotopic (exact) mass is 345 g/mol. The molecule has 0 saturated heterocycles. The number of hydrogen-bond acceptors (Lipinski definition) is 3. The third kappa shape index (κ3) is 3.52. The number of nitrogens with zero attached hydrogens (tertiary/aromatic N) is 1. The summed E-state index contributed by atoms with van der Waals surface area (Å²) in [4.78, 5) is 2.43. The zero-order valence-corrected chi connectivity index (χ0v) is 15.3. The van der Waals surface area contributed by atoms with E-state index in [0.29, 0.717) is 6.04 Å². The summed E-state index contributed by atoms with van der Waals surface area (Å²) in [7, 11) is 5.58. The molecule has 0 bridgehead atoms. The molecule has 0 N–H and O–H groups in total. The molecule has 1 heterocycles. The number of fused-ring (bicyclic) bond motifs is 1. The maximum absolute atomic E-state index is 6.11. The number of aryl methyl sites for hydroxylation is 1. The van der Waals surface area contributed by atoms with Gasteiger partial charge in [-0.3, -0.25) is 4.90 Å². The highest BCUT2D eigenvalue weighted by atomic mass is 35.5. The maximum Gasteiger partial charge on any atom is 0.161 e. The van der Waals surface area contributed by atoms with Crippen molar-refractivity contribution < 1.29 is 9.47 Å². The molecule has 0 saturated carbocycles. The number of likely N-dealkylation sites (N-methyl/N-ethyl adjacent to an activating group) is 1. The first-order valence-electron chi connectivity index (χ1n) is 8.32. The third-order valence-electron chi connectivity index (χ3n) is 4.87. The lowest BCUT2D eigenvalue weighted by molar-refractivity contribution is 0.218. The molecule has 1 aliphatic rings. The Hall–Kier alpha value is -1.71. The lowest BCUT2D eigenvalue weighted by atomic mass is 9.89. The topological polar surface area (TPSA) is 21.7 Å². The van der Waals surface area contributed by atoms with Crippen LogP contribution in [0.2, 0.25) is 5.02 Å². The van der Waals surface area contributed by atoms with Gasteiger partial charge in [-0.15, -0.1) is 0 Å². The van der Waals surface area contributed by atoms with Crippen LogP contribution in [0.25, 0.3) is 0 Å². The summed E-state index contributed by atoms with van der Waals surface area (Å²) in [6, 6.07) is 12.8. The average Bonchev–Trinajstić information content (AvgIpc) is 2.59. The van der Waals surface area contributed by atoms with Gasteiger partial charge in [-0.25, -0.2) is 0 Å². The zero-order valence-electron chi connectivity index (χ0n) is 14.5. The van der Waals surface area contributed by atoms with Gasteiger partial charge >= 0.3 is 0 Å². The summed E-state index contributed by atoms with van der Waals surface area (Å²) in [6.45, 7) is 1.06. The van der Waals surface area contributed by atoms with Gasteiger partial charge in [0.2, 0.25) is 0 Å². The standard InChI is InChI=1S/C20H24ClNO2/c1-22-10-9-15-12-19(23-2)20(24-3)13-17(15)18(22)8-7-14-5-4-6-16(21)11-14/h4-6,11-13,18H,7-10H2,1-3H3. The molecule has 0 radical (unpaired) electrons. The fourth-order valence-corrected chi connectivity index (χ4v) is 3.74. The second kappa shape index (κ2) is 7.45. The minimum Gasteiger partial charge on any atom is -0.493 e. The molecular weight excluding hydrogens is 322 g/mol. The van der Waals surface area contributed by atoms with E-state index in [1.807, 2.05) is 12.1 Å². The molecule has 2 aromatic carbocycles. The number of hydrogen-bond donors (Lipinski definition) is 0. The van der Waals surface area contributed by atoms with Gasteiger partial charge in [0.1, 0.15) is 0 Å². The van der Waals surface area contributed by atoms with Crippen LogP contribution in [0.5, 0.6) is 11.5 Å². The maximum atomic E-state index is 6.11. The molecule has 1 unspecified atom stereocenters. The second-order valence-electron chi connectivity index (χ2n) is 6.32. The van der Waals surface area contributed by atoms with E-state index in [-0.39, 0.29) is 0 Å². The molecule has 128 valence electrons. The molecule has 0 aromatic heterocycles. The van der Waals surface area contributed by atoms with Gasteiger partial charge in [-0.2, -0.15) is 0 Å². The van der Waals surface area contributed by atoms with Crippen molar-refractivity contribution in [3.8, 4) is 11.5 Å². The van der Waals surface area contributed by atoms with Crippen molar-refractivity contribution >= 4 is 11.6 Å². The van der Waals surface area contributed by atoms with E-state index in [9.17, 15) is 0 Å². The van der Waals surface area contributed by atoms with Gasteiger partial charge in [0.25, 0.3) is 0 Å². The van der Waals surface area contributed by atoms with Gasteiger partial charge in [-0.05, 0) is 67.3 Å². The molecule has 1 aliphatic heterocycles. The highest BCUT2D eigenvalue weighted by molar-refractivity contribution is 6.30. The van der Waals surface area contributed by atoms with Crippen molar-refractivity contribution in [1.29, 1.82) is 0 Å². The van der Waals surface area contributed by atoms with E-state index >= 15 is 0 Å². The van der Waals surface area contributed by atoms with E-state index in [4.69, 9.17) is 21.1 Å². The summed E-state index contributed by atoms with van der Waals surface area (Å²) >= 11 is 6.11. The van der Waals surface area contributed by atoms with Gasteiger partial charge in [0.05, 0.1) is 14.2 Å². The Balaban J connectivity index is 1.86. The van der Waals surface area contributed by atoms with Crippen LogP contribution in [0.15, 0.2) is 36.4 Å². The smallest absolute Gasteiger partial charge is 0.161 e. The molecule has 2 aromatic rings. The zero-order chi connectivity index (χ0) is 17.1. The largest absolute Gasteiger partial charge is 0.493 e. The Morgan fingerprint density at radius 2 is 1.88 bits per heavy atom. The number of rotatable bonds is 5. The van der Waals surface area contributed by atoms with Gasteiger partial charge in [0.15, 0.2) is 11.5 Å². The lowest BCUT2D eigenvalue weighted by Crippen LogP contribution is -2.32. The Kier molecular flexibility index (Phi) is 5.32. The molecular formula is C20H24ClNO2. The summed E-state index contributed by atoms with van der Waals surface area (Å²) in [5, 5.41) is 0.802. The van der Waals surface area contributed by atoms with E-state index in [1.165, 1.54) is 16.7 Å². The molecule has 0 spiro atoms. The van der Waals surface area contributed by atoms with Crippen LogP contribution in [0.1, 0.15) is 29.2 Å². The van der Waals surface area contributed by atoms with Crippen molar-refractivity contribution in [2.45, 2.75) is 25.3 Å². The summed E-state index contributed by atoms with van der Waals surface area (Å²) in [5.41, 5.74) is 3.99. The van der Waals surface area contributed by atoms with Crippen molar-refractivity contribution in [2.24, 2.45) is 0 Å². The van der Waals surface area contributed by atoms with Crippen LogP contribution in [0.3, 0.4) is 0 Å². The molecule has 0 aliphatic carbocycles. The average molecular weight is 346 g/mol. The summed E-state index contributed by atoms with van der Waals surface area (Å²) in [5.74, 6) is 1.62. The first-order chi connectivity index (χ1) is 11.6. The fourth-order valence-electron chi connectivity index (χ4n) is 3.53. The Morgan fingerprint density at radius 3 is 2.58 bits per heavy atom. The molecule has 0 fully saturated rings. The first kappa shape index (κ1) is 17.1. The van der Waals surface area contributed by atoms with Gasteiger partial charge < -0.3 is 9.47 Å². The third-order valence-corrected chi connectivity index (χ3v) is 5.10. The molecule has 3 nitrogen and oxygen atoms in total. The van der Waals surface area contributed by atoms with Crippen molar-refractivity contribution in [3.63, 3.8) is 0 Å². The Morgan fingerprint density at radius 1 is 1.12 bits per heavy atom. The SMILES string of the molecule is COc1cc2c(cc1OC)C(CCc1cccc(Cl)c1)N(C)CC2. The fraction of sp³-hybridized carbons (Fsp3) is 0.400. The van der Waals surface area contributed by atoms with Gasteiger partial charge in [-0.1, -0.05) is 23.7 Å². The number of ether oxygens (including phenoxy) is 2. The van der Waals surface area contributed by atoms with Crippen LogP contribution in [-0.2, 0) is 12.8 Å². The number of halogens is 1. The molecule has 24 heavy (non-hydrogen) atoms. The molecule has 0 amide bonds. The van der Waals surface area contributed by atoms with E-state index in [0.717, 1.165) is 42.3 Å².